The highest BCUT2D eigenvalue weighted by molar-refractivity contribution is 5.84. The molecule has 0 aromatic heterocycles. The maximum Gasteiger partial charge on any atom is 0.324 e. The number of rotatable bonds is 10. The van der Waals surface area contributed by atoms with Crippen molar-refractivity contribution in [3.8, 4) is 0 Å². The van der Waals surface area contributed by atoms with Crippen molar-refractivity contribution in [3.05, 3.63) is 35.9 Å². The Bertz CT molecular complexity index is 488. The highest BCUT2D eigenvalue weighted by Crippen LogP contribution is 2.10. The summed E-state index contributed by atoms with van der Waals surface area (Å²) in [6.07, 6.45) is 1.38. The van der Waals surface area contributed by atoms with E-state index in [0.717, 1.165) is 24.9 Å². The number of esters is 1. The molecule has 0 bridgehead atoms. The average Bonchev–Trinajstić information content (AvgIpc) is 2.51. The first kappa shape index (κ1) is 19.2. The molecule has 0 fully saturated rings. The third-order valence-electron chi connectivity index (χ3n) is 3.65. The molecule has 0 spiro atoms. The first-order valence-corrected chi connectivity index (χ1v) is 8.22. The Morgan fingerprint density at radius 2 is 1.87 bits per heavy atom. The van der Waals surface area contributed by atoms with E-state index in [4.69, 9.17) is 10.5 Å². The molecule has 0 saturated carbocycles. The Kier molecular flexibility index (Phi) is 8.33. The second-order valence-corrected chi connectivity index (χ2v) is 6.05. The van der Waals surface area contributed by atoms with Crippen molar-refractivity contribution in [3.63, 3.8) is 0 Å². The van der Waals surface area contributed by atoms with Gasteiger partial charge in [-0.1, -0.05) is 57.5 Å². The van der Waals surface area contributed by atoms with E-state index in [1.54, 1.807) is 0 Å². The molecule has 128 valence electrons. The lowest BCUT2D eigenvalue weighted by molar-refractivity contribution is -0.157. The van der Waals surface area contributed by atoms with Crippen LogP contribution in [0.1, 0.15) is 39.2 Å². The summed E-state index contributed by atoms with van der Waals surface area (Å²) in [5, 5.41) is 3.20. The fourth-order valence-corrected chi connectivity index (χ4v) is 2.27. The molecule has 1 aromatic rings. The summed E-state index contributed by atoms with van der Waals surface area (Å²) in [5.74, 6) is -0.973. The molecule has 2 atom stereocenters. The van der Waals surface area contributed by atoms with Crippen LogP contribution in [0.4, 0.5) is 0 Å². The summed E-state index contributed by atoms with van der Waals surface area (Å²) in [4.78, 5) is 24.0. The van der Waals surface area contributed by atoms with Gasteiger partial charge >= 0.3 is 5.97 Å². The molecule has 5 heteroatoms. The third kappa shape index (κ3) is 6.82. The van der Waals surface area contributed by atoms with E-state index in [9.17, 15) is 9.59 Å². The zero-order valence-corrected chi connectivity index (χ0v) is 14.2. The van der Waals surface area contributed by atoms with E-state index in [1.807, 2.05) is 44.2 Å². The van der Waals surface area contributed by atoms with Crippen molar-refractivity contribution in [2.45, 2.75) is 52.2 Å². The SMILES string of the molecule is CCCCNC(C(=O)OC(Cc1ccccc1)C(N)=O)C(C)C. The number of benzene rings is 1. The first-order chi connectivity index (χ1) is 11.0. The number of nitrogens with two attached hydrogens (primary N) is 1. The highest BCUT2D eigenvalue weighted by Gasteiger charge is 2.28. The van der Waals surface area contributed by atoms with Crippen LogP contribution in [0.5, 0.6) is 0 Å². The van der Waals surface area contributed by atoms with Gasteiger partial charge in [0, 0.05) is 6.42 Å². The second kappa shape index (κ2) is 10.0. The molecule has 0 aliphatic rings. The van der Waals surface area contributed by atoms with E-state index in [0.29, 0.717) is 6.42 Å². The maximum atomic E-state index is 12.4. The van der Waals surface area contributed by atoms with Crippen molar-refractivity contribution in [1.29, 1.82) is 0 Å². The van der Waals surface area contributed by atoms with Gasteiger partial charge in [0.05, 0.1) is 0 Å². The molecule has 2 unspecified atom stereocenters. The molecule has 1 rings (SSSR count). The summed E-state index contributed by atoms with van der Waals surface area (Å²) in [5.41, 5.74) is 6.30. The number of hydrogen-bond acceptors (Lipinski definition) is 4. The number of nitrogens with one attached hydrogen (secondary N) is 1. The van der Waals surface area contributed by atoms with E-state index in [-0.39, 0.29) is 5.92 Å². The van der Waals surface area contributed by atoms with Gasteiger partial charge in [0.15, 0.2) is 6.10 Å². The number of ether oxygens (including phenoxy) is 1. The molecule has 1 aromatic carbocycles. The Morgan fingerprint density at radius 3 is 2.39 bits per heavy atom. The van der Waals surface area contributed by atoms with Crippen LogP contribution in [0.25, 0.3) is 0 Å². The van der Waals surface area contributed by atoms with E-state index in [1.165, 1.54) is 0 Å². The lowest BCUT2D eigenvalue weighted by atomic mass is 10.0. The minimum absolute atomic E-state index is 0.0737. The zero-order valence-electron chi connectivity index (χ0n) is 14.2. The molecule has 1 amide bonds. The molecule has 0 aliphatic heterocycles. The lowest BCUT2D eigenvalue weighted by Crippen LogP contribution is -2.46. The average molecular weight is 320 g/mol. The van der Waals surface area contributed by atoms with Gasteiger partial charge in [0.25, 0.3) is 5.91 Å². The van der Waals surface area contributed by atoms with Crippen LogP contribution >= 0.6 is 0 Å². The van der Waals surface area contributed by atoms with Gasteiger partial charge < -0.3 is 15.8 Å². The molecule has 0 radical (unpaired) electrons. The van der Waals surface area contributed by atoms with E-state index >= 15 is 0 Å². The number of carbonyl (C=O) groups is 2. The van der Waals surface area contributed by atoms with Gasteiger partial charge in [-0.25, -0.2) is 0 Å². The van der Waals surface area contributed by atoms with Crippen molar-refractivity contribution < 1.29 is 14.3 Å². The molecule has 0 heterocycles. The van der Waals surface area contributed by atoms with Crippen LogP contribution in [0.3, 0.4) is 0 Å². The van der Waals surface area contributed by atoms with Gasteiger partial charge in [0.2, 0.25) is 0 Å². The second-order valence-electron chi connectivity index (χ2n) is 6.05. The molecular weight excluding hydrogens is 292 g/mol. The van der Waals surface area contributed by atoms with Crippen LogP contribution in [0.15, 0.2) is 30.3 Å². The standard InChI is InChI=1S/C18H28N2O3/c1-4-5-11-20-16(13(2)3)18(22)23-15(17(19)21)12-14-9-7-6-8-10-14/h6-10,13,15-16,20H,4-5,11-12H2,1-3H3,(H2,19,21). The highest BCUT2D eigenvalue weighted by atomic mass is 16.5. The number of unbranched alkanes of at least 4 members (excludes halogenated alkanes) is 1. The van der Waals surface area contributed by atoms with Gasteiger partial charge in [0.1, 0.15) is 6.04 Å². The molecule has 0 aliphatic carbocycles. The van der Waals surface area contributed by atoms with Crippen LogP contribution in [0.2, 0.25) is 0 Å². The van der Waals surface area contributed by atoms with Crippen LogP contribution in [-0.4, -0.2) is 30.6 Å². The fourth-order valence-electron chi connectivity index (χ4n) is 2.27. The lowest BCUT2D eigenvalue weighted by Gasteiger charge is -2.23. The largest absolute Gasteiger partial charge is 0.451 e. The van der Waals surface area contributed by atoms with Crippen LogP contribution in [-0.2, 0) is 20.7 Å². The summed E-state index contributed by atoms with van der Waals surface area (Å²) in [7, 11) is 0. The summed E-state index contributed by atoms with van der Waals surface area (Å²) in [6.45, 7) is 6.73. The quantitative estimate of drug-likeness (QED) is 0.510. The molecule has 3 N–H and O–H groups in total. The normalized spacial score (nSPS) is 13.6. The summed E-state index contributed by atoms with van der Waals surface area (Å²) in [6, 6.07) is 8.96. The summed E-state index contributed by atoms with van der Waals surface area (Å²) < 4.78 is 5.39. The maximum absolute atomic E-state index is 12.4. The summed E-state index contributed by atoms with van der Waals surface area (Å²) >= 11 is 0. The Balaban J connectivity index is 2.69. The van der Waals surface area contributed by atoms with Crippen LogP contribution < -0.4 is 11.1 Å². The van der Waals surface area contributed by atoms with Crippen molar-refractivity contribution in [2.24, 2.45) is 11.7 Å². The van der Waals surface area contributed by atoms with Crippen molar-refractivity contribution in [2.75, 3.05) is 6.54 Å². The first-order valence-electron chi connectivity index (χ1n) is 8.22. The van der Waals surface area contributed by atoms with Gasteiger partial charge in [-0.05, 0) is 24.4 Å². The van der Waals surface area contributed by atoms with Gasteiger partial charge in [-0.3, -0.25) is 9.59 Å². The van der Waals surface area contributed by atoms with Gasteiger partial charge in [-0.15, -0.1) is 0 Å². The zero-order chi connectivity index (χ0) is 17.2. The van der Waals surface area contributed by atoms with E-state index < -0.39 is 24.0 Å². The van der Waals surface area contributed by atoms with Crippen LogP contribution in [0, 0.1) is 5.92 Å². The number of primary amides is 1. The minimum Gasteiger partial charge on any atom is -0.451 e. The Hall–Kier alpha value is -1.88. The minimum atomic E-state index is -0.945. The number of amides is 1. The molecule has 0 saturated heterocycles. The van der Waals surface area contributed by atoms with Crippen molar-refractivity contribution >= 4 is 11.9 Å². The topological polar surface area (TPSA) is 81.4 Å². The number of carbonyl (C=O) groups excluding carboxylic acids is 2. The predicted molar refractivity (Wildman–Crippen MR) is 90.8 cm³/mol. The smallest absolute Gasteiger partial charge is 0.324 e. The Labute approximate surface area is 138 Å². The molecule has 23 heavy (non-hydrogen) atoms. The molecule has 5 nitrogen and oxygen atoms in total. The van der Waals surface area contributed by atoms with Crippen molar-refractivity contribution in [1.82, 2.24) is 5.32 Å². The van der Waals surface area contributed by atoms with Gasteiger partial charge in [-0.2, -0.15) is 0 Å². The predicted octanol–water partition coefficient (Wildman–Crippen LogP) is 2.04. The Morgan fingerprint density at radius 1 is 1.22 bits per heavy atom. The molecular formula is C18H28N2O3. The fraction of sp³-hybridized carbons (Fsp3) is 0.556. The number of hydrogen-bond donors (Lipinski definition) is 2. The third-order valence-corrected chi connectivity index (χ3v) is 3.65. The monoisotopic (exact) mass is 320 g/mol. The van der Waals surface area contributed by atoms with E-state index in [2.05, 4.69) is 12.2 Å².